The van der Waals surface area contributed by atoms with Gasteiger partial charge in [-0.1, -0.05) is 56.3 Å². The van der Waals surface area contributed by atoms with Crippen molar-refractivity contribution in [2.45, 2.75) is 70.3 Å². The van der Waals surface area contributed by atoms with Crippen LogP contribution in [0.2, 0.25) is 0 Å². The molecule has 2 aliphatic carbocycles. The number of nitrogens with one attached hydrogen (secondary N) is 1. The van der Waals surface area contributed by atoms with Crippen LogP contribution in [0.4, 0.5) is 0 Å². The van der Waals surface area contributed by atoms with Crippen molar-refractivity contribution in [3.8, 4) is 0 Å². The molecule has 1 amide bonds. The smallest absolute Gasteiger partial charge is 0.235 e. The average molecular weight is 450 g/mol. The molecule has 0 radical (unpaired) electrons. The Bertz CT molecular complexity index is 1010. The van der Waals surface area contributed by atoms with Gasteiger partial charge in [-0.05, 0) is 62.7 Å². The lowest BCUT2D eigenvalue weighted by atomic mass is 9.51. The molecule has 2 aliphatic heterocycles. The number of ether oxygens (including phenoxy) is 1. The number of hydrogen-bond acceptors (Lipinski definition) is 4. The molecule has 0 aromatic heterocycles. The van der Waals surface area contributed by atoms with Gasteiger partial charge < -0.3 is 15.2 Å². The Hall–Kier alpha value is -2.24. The van der Waals surface area contributed by atoms with Crippen molar-refractivity contribution < 1.29 is 19.4 Å². The van der Waals surface area contributed by atoms with Gasteiger partial charge in [0, 0.05) is 17.9 Å². The number of allylic oxidation sites excluding steroid dienone is 2. The summed E-state index contributed by atoms with van der Waals surface area (Å²) >= 11 is 0. The molecular formula is C28H35NO4. The number of hydrogen-bond donors (Lipinski definition) is 2. The van der Waals surface area contributed by atoms with Crippen LogP contribution in [-0.2, 0) is 20.7 Å². The molecule has 2 saturated heterocycles. The van der Waals surface area contributed by atoms with E-state index in [2.05, 4.69) is 50.4 Å². The average Bonchev–Trinajstić information content (AvgIpc) is 3.37. The van der Waals surface area contributed by atoms with E-state index in [4.69, 9.17) is 4.74 Å². The van der Waals surface area contributed by atoms with E-state index in [0.717, 1.165) is 12.0 Å². The highest BCUT2D eigenvalue weighted by molar-refractivity contribution is 6.13. The first-order valence-electron chi connectivity index (χ1n) is 12.2. The molecule has 1 aromatic carbocycles. The summed E-state index contributed by atoms with van der Waals surface area (Å²) in [6, 6.07) is 9.97. The highest BCUT2D eigenvalue weighted by Gasteiger charge is 2.78. The molecule has 33 heavy (non-hydrogen) atoms. The van der Waals surface area contributed by atoms with E-state index >= 15 is 0 Å². The molecule has 1 saturated carbocycles. The predicted octanol–water partition coefficient (Wildman–Crippen LogP) is 3.62. The van der Waals surface area contributed by atoms with Crippen LogP contribution in [0, 0.1) is 29.1 Å². The minimum Gasteiger partial charge on any atom is -0.386 e. The van der Waals surface area contributed by atoms with Gasteiger partial charge in [0.15, 0.2) is 5.78 Å². The summed E-state index contributed by atoms with van der Waals surface area (Å²) in [5.41, 5.74) is -1.53. The molecule has 2 N–H and O–H groups in total. The maximum Gasteiger partial charge on any atom is 0.235 e. The van der Waals surface area contributed by atoms with Gasteiger partial charge in [-0.2, -0.15) is 0 Å². The van der Waals surface area contributed by atoms with Crippen molar-refractivity contribution in [1.82, 2.24) is 5.32 Å². The lowest BCUT2D eigenvalue weighted by Gasteiger charge is -2.45. The molecular weight excluding hydrogens is 414 g/mol. The summed E-state index contributed by atoms with van der Waals surface area (Å²) in [5, 5.41) is 14.1. The van der Waals surface area contributed by atoms with E-state index < -0.39 is 11.0 Å². The van der Waals surface area contributed by atoms with Crippen LogP contribution in [0.25, 0.3) is 0 Å². The molecule has 4 aliphatic rings. The SMILES string of the molecule is CC1C/C=C/[C@H]2[C@@H]3O[C@]3(C)[C@@H](C)[C@H]3[C@H](Cc4ccccc4)NC(=O)[C@@]32C(=O)/C=C/[C@@](C)(O)C1. The minimum atomic E-state index is -1.23. The molecule has 176 valence electrons. The van der Waals surface area contributed by atoms with E-state index in [1.807, 2.05) is 18.2 Å². The summed E-state index contributed by atoms with van der Waals surface area (Å²) in [7, 11) is 0. The molecule has 3 fully saturated rings. The van der Waals surface area contributed by atoms with Crippen LogP contribution in [0.5, 0.6) is 0 Å². The Labute approximate surface area is 196 Å². The van der Waals surface area contributed by atoms with Crippen molar-refractivity contribution in [2.24, 2.45) is 29.1 Å². The summed E-state index contributed by atoms with van der Waals surface area (Å²) in [4.78, 5) is 27.9. The number of carbonyl (C=O) groups excluding carboxylic acids is 2. The summed E-state index contributed by atoms with van der Waals surface area (Å²) in [6.45, 7) is 8.09. The van der Waals surface area contributed by atoms with E-state index in [1.165, 1.54) is 6.08 Å². The highest BCUT2D eigenvalue weighted by Crippen LogP contribution is 2.66. The number of ketones is 1. The Balaban J connectivity index is 1.63. The van der Waals surface area contributed by atoms with E-state index in [9.17, 15) is 14.7 Å². The molecule has 1 spiro atoms. The Kier molecular flexibility index (Phi) is 5.22. The first kappa shape index (κ1) is 22.5. The van der Waals surface area contributed by atoms with Gasteiger partial charge in [0.05, 0.1) is 17.3 Å². The van der Waals surface area contributed by atoms with E-state index in [0.29, 0.717) is 12.8 Å². The molecule has 2 heterocycles. The van der Waals surface area contributed by atoms with Crippen molar-refractivity contribution in [3.63, 3.8) is 0 Å². The number of carbonyl (C=O) groups is 2. The van der Waals surface area contributed by atoms with Crippen molar-refractivity contribution >= 4 is 11.7 Å². The van der Waals surface area contributed by atoms with Crippen LogP contribution in [0.15, 0.2) is 54.6 Å². The normalized spacial score (nSPS) is 48.5. The van der Waals surface area contributed by atoms with Gasteiger partial charge in [0.1, 0.15) is 5.41 Å². The van der Waals surface area contributed by atoms with Gasteiger partial charge >= 0.3 is 0 Å². The van der Waals surface area contributed by atoms with Crippen LogP contribution in [0.1, 0.15) is 46.1 Å². The molecule has 5 nitrogen and oxygen atoms in total. The van der Waals surface area contributed by atoms with E-state index in [1.54, 1.807) is 13.0 Å². The monoisotopic (exact) mass is 449 g/mol. The first-order valence-corrected chi connectivity index (χ1v) is 12.2. The summed E-state index contributed by atoms with van der Waals surface area (Å²) in [5.74, 6) is -0.663. The molecule has 1 aromatic rings. The lowest BCUT2D eigenvalue weighted by Crippen LogP contribution is -2.58. The zero-order valence-electron chi connectivity index (χ0n) is 20.0. The highest BCUT2D eigenvalue weighted by atomic mass is 16.6. The molecule has 0 bridgehead atoms. The third kappa shape index (κ3) is 3.43. The zero-order valence-corrected chi connectivity index (χ0v) is 20.0. The molecule has 1 unspecified atom stereocenters. The second-order valence-electron chi connectivity index (χ2n) is 11.2. The lowest BCUT2D eigenvalue weighted by molar-refractivity contribution is -0.145. The topological polar surface area (TPSA) is 78.9 Å². The number of amides is 1. The number of fused-ring (bicyclic) bond motifs is 2. The van der Waals surface area contributed by atoms with Crippen molar-refractivity contribution in [2.75, 3.05) is 0 Å². The zero-order chi connectivity index (χ0) is 23.6. The minimum absolute atomic E-state index is 0.0294. The Morgan fingerprint density at radius 3 is 2.61 bits per heavy atom. The van der Waals surface area contributed by atoms with Gasteiger partial charge in [-0.15, -0.1) is 0 Å². The predicted molar refractivity (Wildman–Crippen MR) is 126 cm³/mol. The van der Waals surface area contributed by atoms with Crippen LogP contribution in [-0.4, -0.2) is 40.1 Å². The van der Waals surface area contributed by atoms with Gasteiger partial charge in [-0.3, -0.25) is 9.59 Å². The van der Waals surface area contributed by atoms with Gasteiger partial charge in [0.2, 0.25) is 5.91 Å². The largest absolute Gasteiger partial charge is 0.386 e. The number of aliphatic hydroxyl groups is 1. The van der Waals surface area contributed by atoms with Crippen molar-refractivity contribution in [1.29, 1.82) is 0 Å². The third-order valence-corrected chi connectivity index (χ3v) is 8.78. The maximum absolute atomic E-state index is 14.0. The Morgan fingerprint density at radius 2 is 1.88 bits per heavy atom. The fraction of sp³-hybridized carbons (Fsp3) is 0.571. The number of epoxide rings is 1. The second kappa shape index (κ2) is 7.64. The molecule has 5 rings (SSSR count). The van der Waals surface area contributed by atoms with Gasteiger partial charge in [0.25, 0.3) is 0 Å². The van der Waals surface area contributed by atoms with E-state index in [-0.39, 0.29) is 53.1 Å². The third-order valence-electron chi connectivity index (χ3n) is 8.78. The maximum atomic E-state index is 14.0. The van der Waals surface area contributed by atoms with Crippen LogP contribution >= 0.6 is 0 Å². The van der Waals surface area contributed by atoms with Crippen LogP contribution < -0.4 is 5.32 Å². The quantitative estimate of drug-likeness (QED) is 0.411. The second-order valence-corrected chi connectivity index (χ2v) is 11.2. The number of rotatable bonds is 2. The Morgan fingerprint density at radius 1 is 1.15 bits per heavy atom. The fourth-order valence-electron chi connectivity index (χ4n) is 7.04. The fourth-order valence-corrected chi connectivity index (χ4v) is 7.04. The number of benzene rings is 1. The summed E-state index contributed by atoms with van der Waals surface area (Å²) in [6.07, 6.45) is 9.10. The molecule has 9 atom stereocenters. The van der Waals surface area contributed by atoms with Crippen molar-refractivity contribution in [3.05, 3.63) is 60.2 Å². The van der Waals surface area contributed by atoms with Gasteiger partial charge in [-0.25, -0.2) is 0 Å². The standard InChI is InChI=1S/C28H35NO4/c1-17-9-8-12-20-24-27(4,33-24)18(2)23-21(15-19-10-6-5-7-11-19)29-25(31)28(20,23)22(30)13-14-26(3,32)16-17/h5-8,10-14,17-18,20-21,23-24,32H,9,15-16H2,1-4H3,(H,29,31)/b12-8+,14-13+/t17?,18-,20-,21-,23-,24-,26+,27+,28-/m0/s1. The first-order chi connectivity index (χ1) is 15.6. The molecule has 5 heteroatoms. The van der Waals surface area contributed by atoms with Crippen LogP contribution in [0.3, 0.4) is 0 Å². The summed E-state index contributed by atoms with van der Waals surface area (Å²) < 4.78 is 6.28.